The van der Waals surface area contributed by atoms with Crippen molar-refractivity contribution >= 4 is 11.9 Å². The van der Waals surface area contributed by atoms with Gasteiger partial charge in [-0.2, -0.15) is 0 Å². The van der Waals surface area contributed by atoms with Crippen LogP contribution in [0.25, 0.3) is 0 Å². The van der Waals surface area contributed by atoms with Crippen molar-refractivity contribution in [1.29, 1.82) is 0 Å². The van der Waals surface area contributed by atoms with Crippen molar-refractivity contribution in [1.82, 2.24) is 10.2 Å². The summed E-state index contributed by atoms with van der Waals surface area (Å²) in [6, 6.07) is -0.216. The van der Waals surface area contributed by atoms with E-state index in [1.807, 2.05) is 0 Å². The van der Waals surface area contributed by atoms with Gasteiger partial charge in [0.1, 0.15) is 6.54 Å². The van der Waals surface area contributed by atoms with Gasteiger partial charge in [0.25, 0.3) is 0 Å². The Hall–Kier alpha value is -1.06. The molecular weight excluding hydrogens is 192 g/mol. The summed E-state index contributed by atoms with van der Waals surface area (Å²) in [4.78, 5) is 23.7. The zero-order valence-electron chi connectivity index (χ0n) is 9.00. The number of nitrogens with zero attached hydrogens (tertiary/aromatic N) is 1. The van der Waals surface area contributed by atoms with E-state index in [2.05, 4.69) is 5.32 Å². The monoisotopic (exact) mass is 210 g/mol. The molecule has 1 saturated carbocycles. The van der Waals surface area contributed by atoms with Gasteiger partial charge >= 0.3 is 6.03 Å². The van der Waals surface area contributed by atoms with Gasteiger partial charge in [-0.3, -0.25) is 10.1 Å². The maximum atomic E-state index is 11.2. The third-order valence-electron chi connectivity index (χ3n) is 3.38. The van der Waals surface area contributed by atoms with E-state index in [1.54, 1.807) is 4.90 Å². The van der Waals surface area contributed by atoms with E-state index >= 15 is 0 Å². The first kappa shape index (κ1) is 10.5. The minimum absolute atomic E-state index is 0.166. The highest BCUT2D eigenvalue weighted by molar-refractivity contribution is 6.01. The number of carbonyl (C=O) groups excluding carboxylic acids is 2. The molecule has 2 rings (SSSR count). The highest BCUT2D eigenvalue weighted by Crippen LogP contribution is 2.28. The Morgan fingerprint density at radius 3 is 2.60 bits per heavy atom. The van der Waals surface area contributed by atoms with Crippen LogP contribution < -0.4 is 5.32 Å². The van der Waals surface area contributed by atoms with Crippen molar-refractivity contribution in [2.45, 2.75) is 38.5 Å². The van der Waals surface area contributed by atoms with E-state index in [-0.39, 0.29) is 18.5 Å². The van der Waals surface area contributed by atoms with Crippen molar-refractivity contribution in [3.05, 3.63) is 0 Å². The fraction of sp³-hybridized carbons (Fsp3) is 0.818. The molecule has 2 aliphatic rings. The van der Waals surface area contributed by atoms with Gasteiger partial charge in [-0.1, -0.05) is 25.7 Å². The Kier molecular flexibility index (Phi) is 3.23. The third kappa shape index (κ3) is 2.70. The minimum Gasteiger partial charge on any atom is -0.315 e. The van der Waals surface area contributed by atoms with E-state index in [0.717, 1.165) is 18.9 Å². The number of carbonyl (C=O) groups is 2. The SMILES string of the molecule is O=C1CN(CCCC2CCCC2)C(=O)N1. The molecular formula is C11H18N2O2. The molecule has 15 heavy (non-hydrogen) atoms. The molecule has 0 bridgehead atoms. The van der Waals surface area contributed by atoms with Crippen molar-refractivity contribution in [2.75, 3.05) is 13.1 Å². The lowest BCUT2D eigenvalue weighted by molar-refractivity contribution is -0.118. The molecule has 0 aromatic carbocycles. The van der Waals surface area contributed by atoms with Crippen LogP contribution in [-0.4, -0.2) is 29.9 Å². The number of imide groups is 1. The number of urea groups is 1. The van der Waals surface area contributed by atoms with E-state index in [0.29, 0.717) is 0 Å². The average Bonchev–Trinajstić information content (AvgIpc) is 2.77. The van der Waals surface area contributed by atoms with E-state index in [1.165, 1.54) is 32.1 Å². The van der Waals surface area contributed by atoms with Crippen molar-refractivity contribution in [3.8, 4) is 0 Å². The number of hydrogen-bond acceptors (Lipinski definition) is 2. The summed E-state index contributed by atoms with van der Waals surface area (Å²) < 4.78 is 0. The molecule has 1 heterocycles. The van der Waals surface area contributed by atoms with Gasteiger partial charge < -0.3 is 4.90 Å². The summed E-state index contributed by atoms with van der Waals surface area (Å²) in [5, 5.41) is 2.29. The van der Waals surface area contributed by atoms with Crippen LogP contribution in [0, 0.1) is 5.92 Å². The normalized spacial score (nSPS) is 22.5. The Morgan fingerprint density at radius 1 is 1.27 bits per heavy atom. The van der Waals surface area contributed by atoms with Gasteiger partial charge in [0.05, 0.1) is 0 Å². The lowest BCUT2D eigenvalue weighted by Crippen LogP contribution is -2.29. The number of hydrogen-bond donors (Lipinski definition) is 1. The summed E-state index contributed by atoms with van der Waals surface area (Å²) >= 11 is 0. The molecule has 1 saturated heterocycles. The zero-order chi connectivity index (χ0) is 10.7. The van der Waals surface area contributed by atoms with Gasteiger partial charge in [0.15, 0.2) is 0 Å². The molecule has 2 fully saturated rings. The molecule has 0 unspecified atom stereocenters. The van der Waals surface area contributed by atoms with Crippen molar-refractivity contribution in [2.24, 2.45) is 5.92 Å². The summed E-state index contributed by atoms with van der Waals surface area (Å²) in [5.74, 6) is 0.701. The molecule has 1 aliphatic heterocycles. The van der Waals surface area contributed by atoms with Gasteiger partial charge in [0, 0.05) is 6.54 Å². The van der Waals surface area contributed by atoms with E-state index in [4.69, 9.17) is 0 Å². The molecule has 4 heteroatoms. The third-order valence-corrected chi connectivity index (χ3v) is 3.38. The van der Waals surface area contributed by atoms with Gasteiger partial charge in [0.2, 0.25) is 5.91 Å². The van der Waals surface area contributed by atoms with Crippen molar-refractivity contribution < 1.29 is 9.59 Å². The van der Waals surface area contributed by atoms with Crippen LogP contribution in [0.5, 0.6) is 0 Å². The second-order valence-corrected chi connectivity index (χ2v) is 4.57. The Labute approximate surface area is 90.0 Å². The molecule has 0 radical (unpaired) electrons. The van der Waals surface area contributed by atoms with Gasteiger partial charge in [-0.15, -0.1) is 0 Å². The minimum atomic E-state index is -0.216. The first-order valence-electron chi connectivity index (χ1n) is 5.84. The first-order valence-corrected chi connectivity index (χ1v) is 5.84. The average molecular weight is 210 g/mol. The fourth-order valence-electron chi connectivity index (χ4n) is 2.53. The second kappa shape index (κ2) is 4.64. The molecule has 3 amide bonds. The summed E-state index contributed by atoms with van der Waals surface area (Å²) in [6.07, 6.45) is 7.68. The predicted octanol–water partition coefficient (Wildman–Crippen LogP) is 1.51. The van der Waals surface area contributed by atoms with Crippen LogP contribution in [0.4, 0.5) is 4.79 Å². The molecule has 1 N–H and O–H groups in total. The van der Waals surface area contributed by atoms with Gasteiger partial charge in [-0.05, 0) is 18.8 Å². The van der Waals surface area contributed by atoms with Crippen molar-refractivity contribution in [3.63, 3.8) is 0 Å². The summed E-state index contributed by atoms with van der Waals surface area (Å²) in [6.45, 7) is 0.984. The number of amides is 3. The first-order chi connectivity index (χ1) is 7.25. The summed E-state index contributed by atoms with van der Waals surface area (Å²) in [5.41, 5.74) is 0. The number of rotatable bonds is 4. The maximum absolute atomic E-state index is 11.2. The molecule has 0 aromatic rings. The summed E-state index contributed by atoms with van der Waals surface area (Å²) in [7, 11) is 0. The molecule has 1 aliphatic carbocycles. The standard InChI is InChI=1S/C11H18N2O2/c14-10-8-13(11(15)12-10)7-3-6-9-4-1-2-5-9/h9H,1-8H2,(H,12,14,15). The lowest BCUT2D eigenvalue weighted by atomic mass is 10.0. The molecule has 84 valence electrons. The maximum Gasteiger partial charge on any atom is 0.324 e. The highest BCUT2D eigenvalue weighted by atomic mass is 16.2. The van der Waals surface area contributed by atoms with Crippen LogP contribution in [0.15, 0.2) is 0 Å². The molecule has 0 atom stereocenters. The lowest BCUT2D eigenvalue weighted by Gasteiger charge is -2.14. The predicted molar refractivity (Wildman–Crippen MR) is 56.3 cm³/mol. The van der Waals surface area contributed by atoms with Gasteiger partial charge in [-0.25, -0.2) is 4.79 Å². The van der Waals surface area contributed by atoms with Crippen LogP contribution in [0.1, 0.15) is 38.5 Å². The largest absolute Gasteiger partial charge is 0.324 e. The number of nitrogens with one attached hydrogen (secondary N) is 1. The fourth-order valence-corrected chi connectivity index (χ4v) is 2.53. The zero-order valence-corrected chi connectivity index (χ0v) is 9.00. The van der Waals surface area contributed by atoms with Crippen LogP contribution >= 0.6 is 0 Å². The Bertz CT molecular complexity index is 259. The topological polar surface area (TPSA) is 49.4 Å². The second-order valence-electron chi connectivity index (χ2n) is 4.57. The van der Waals surface area contributed by atoms with Crippen LogP contribution in [0.3, 0.4) is 0 Å². The Balaban J connectivity index is 1.65. The Morgan fingerprint density at radius 2 is 2.00 bits per heavy atom. The molecule has 0 spiro atoms. The molecule has 4 nitrogen and oxygen atoms in total. The van der Waals surface area contributed by atoms with Crippen LogP contribution in [0.2, 0.25) is 0 Å². The molecule has 0 aromatic heterocycles. The highest BCUT2D eigenvalue weighted by Gasteiger charge is 2.26. The quantitative estimate of drug-likeness (QED) is 0.715. The van der Waals surface area contributed by atoms with E-state index in [9.17, 15) is 9.59 Å². The van der Waals surface area contributed by atoms with E-state index < -0.39 is 0 Å². The van der Waals surface area contributed by atoms with Crippen LogP contribution in [-0.2, 0) is 4.79 Å². The smallest absolute Gasteiger partial charge is 0.315 e.